The van der Waals surface area contributed by atoms with Crippen LogP contribution in [0.2, 0.25) is 5.02 Å². The lowest BCUT2D eigenvalue weighted by Crippen LogP contribution is -2.26. The maximum atomic E-state index is 12.1. The van der Waals surface area contributed by atoms with E-state index >= 15 is 0 Å². The van der Waals surface area contributed by atoms with Gasteiger partial charge in [-0.1, -0.05) is 24.6 Å². The first-order valence-corrected chi connectivity index (χ1v) is 9.50. The molecule has 0 aliphatic heterocycles. The van der Waals surface area contributed by atoms with Gasteiger partial charge in [-0.05, 0) is 56.2 Å². The van der Waals surface area contributed by atoms with E-state index in [0.29, 0.717) is 40.1 Å². The van der Waals surface area contributed by atoms with E-state index < -0.39 is 5.41 Å². The monoisotopic (exact) mass is 399 g/mol. The van der Waals surface area contributed by atoms with Crippen LogP contribution in [0.25, 0.3) is 16.7 Å². The van der Waals surface area contributed by atoms with Crippen molar-refractivity contribution in [3.63, 3.8) is 0 Å². The molecule has 0 N–H and O–H groups in total. The minimum Gasteiger partial charge on any atom is -0.465 e. The normalized spacial score (nSPS) is 11.6. The van der Waals surface area contributed by atoms with Gasteiger partial charge in [-0.2, -0.15) is 0 Å². The Morgan fingerprint density at radius 3 is 2.64 bits per heavy atom. The largest absolute Gasteiger partial charge is 0.465 e. The molecule has 3 rings (SSSR count). The lowest BCUT2D eigenvalue weighted by atomic mass is 9.91. The summed E-state index contributed by atoms with van der Waals surface area (Å²) in [6, 6.07) is 10.6. The van der Waals surface area contributed by atoms with Crippen LogP contribution in [0.3, 0.4) is 0 Å². The van der Waals surface area contributed by atoms with Gasteiger partial charge in [0.25, 0.3) is 0 Å². The highest BCUT2D eigenvalue weighted by atomic mass is 35.5. The number of carbonyl (C=O) groups is 2. The first-order chi connectivity index (χ1) is 13.3. The Labute approximate surface area is 168 Å². The summed E-state index contributed by atoms with van der Waals surface area (Å²) in [5.41, 5.74) is 2.79. The Bertz CT molecular complexity index is 1030. The summed E-state index contributed by atoms with van der Waals surface area (Å²) in [7, 11) is 0. The maximum absolute atomic E-state index is 12.1. The van der Waals surface area contributed by atoms with Crippen molar-refractivity contribution in [2.75, 3.05) is 6.61 Å². The number of nitrogens with zero attached hydrogens (tertiary/aromatic N) is 3. The third-order valence-corrected chi connectivity index (χ3v) is 5.08. The summed E-state index contributed by atoms with van der Waals surface area (Å²) in [6.45, 7) is 5.96. The predicted octanol–water partition coefficient (Wildman–Crippen LogP) is 4.41. The molecule has 3 aromatic rings. The summed E-state index contributed by atoms with van der Waals surface area (Å²) in [6.07, 6.45) is 2.01. The standard InChI is InChI=1S/C21H22ClN3O3/c1-4-21(2,3)20(27)28-10-9-14-5-6-15(13-26)19(11-14)25-23-17-8-7-16(22)12-18(17)24-25/h5-8,11-13H,4,9-10H2,1-3H3. The van der Waals surface area contributed by atoms with E-state index in [-0.39, 0.29) is 12.6 Å². The number of fused-ring (bicyclic) bond motifs is 1. The molecule has 0 amide bonds. The fourth-order valence-corrected chi connectivity index (χ4v) is 2.78. The summed E-state index contributed by atoms with van der Waals surface area (Å²) in [5, 5.41) is 9.42. The van der Waals surface area contributed by atoms with Crippen molar-refractivity contribution < 1.29 is 14.3 Å². The van der Waals surface area contributed by atoms with Gasteiger partial charge in [-0.25, -0.2) is 0 Å². The molecule has 28 heavy (non-hydrogen) atoms. The zero-order valence-corrected chi connectivity index (χ0v) is 16.9. The van der Waals surface area contributed by atoms with Gasteiger partial charge in [0.05, 0.1) is 17.7 Å². The zero-order chi connectivity index (χ0) is 20.3. The molecule has 0 spiro atoms. The third-order valence-electron chi connectivity index (χ3n) is 4.84. The van der Waals surface area contributed by atoms with Gasteiger partial charge in [0.1, 0.15) is 11.0 Å². The maximum Gasteiger partial charge on any atom is 0.311 e. The number of halogens is 1. The second-order valence-corrected chi connectivity index (χ2v) is 7.69. The molecule has 1 aromatic heterocycles. The molecule has 6 nitrogen and oxygen atoms in total. The molecule has 2 aromatic carbocycles. The number of hydrogen-bond donors (Lipinski definition) is 0. The molecule has 0 aliphatic rings. The van der Waals surface area contributed by atoms with Crippen molar-refractivity contribution >= 4 is 34.9 Å². The topological polar surface area (TPSA) is 74.1 Å². The average Bonchev–Trinajstić information content (AvgIpc) is 3.10. The number of esters is 1. The number of hydrogen-bond acceptors (Lipinski definition) is 5. The quantitative estimate of drug-likeness (QED) is 0.434. The van der Waals surface area contributed by atoms with Crippen LogP contribution >= 0.6 is 11.6 Å². The minimum atomic E-state index is -0.493. The summed E-state index contributed by atoms with van der Waals surface area (Å²) < 4.78 is 5.40. The lowest BCUT2D eigenvalue weighted by Gasteiger charge is -2.20. The van der Waals surface area contributed by atoms with E-state index in [1.165, 1.54) is 4.80 Å². The third kappa shape index (κ3) is 4.22. The second kappa shape index (κ2) is 8.10. The van der Waals surface area contributed by atoms with Gasteiger partial charge in [-0.15, -0.1) is 15.0 Å². The molecule has 7 heteroatoms. The fourth-order valence-electron chi connectivity index (χ4n) is 2.61. The number of benzene rings is 2. The highest BCUT2D eigenvalue weighted by Gasteiger charge is 2.26. The van der Waals surface area contributed by atoms with Crippen LogP contribution in [0.1, 0.15) is 43.1 Å². The number of carbonyl (C=O) groups excluding carboxylic acids is 2. The molecule has 0 bridgehead atoms. The molecular weight excluding hydrogens is 378 g/mol. The number of aromatic nitrogens is 3. The van der Waals surface area contributed by atoms with E-state index in [2.05, 4.69) is 10.2 Å². The van der Waals surface area contributed by atoms with E-state index in [1.807, 2.05) is 32.9 Å². The zero-order valence-electron chi connectivity index (χ0n) is 16.1. The summed E-state index contributed by atoms with van der Waals surface area (Å²) in [5.74, 6) is -0.211. The Morgan fingerprint density at radius 1 is 1.18 bits per heavy atom. The Hall–Kier alpha value is -2.73. The van der Waals surface area contributed by atoms with Gasteiger partial charge >= 0.3 is 5.97 Å². The highest BCUT2D eigenvalue weighted by molar-refractivity contribution is 6.31. The molecule has 0 radical (unpaired) electrons. The van der Waals surface area contributed by atoms with Gasteiger partial charge in [0.15, 0.2) is 6.29 Å². The Morgan fingerprint density at radius 2 is 1.93 bits per heavy atom. The summed E-state index contributed by atoms with van der Waals surface area (Å²) >= 11 is 6.01. The van der Waals surface area contributed by atoms with Crippen LogP contribution in [0, 0.1) is 5.41 Å². The molecule has 0 atom stereocenters. The fraction of sp³-hybridized carbons (Fsp3) is 0.333. The molecule has 0 fully saturated rings. The number of ether oxygens (including phenoxy) is 1. The van der Waals surface area contributed by atoms with Crippen molar-refractivity contribution in [2.24, 2.45) is 5.41 Å². The van der Waals surface area contributed by atoms with Crippen molar-refractivity contribution in [2.45, 2.75) is 33.6 Å². The smallest absolute Gasteiger partial charge is 0.311 e. The van der Waals surface area contributed by atoms with Crippen LogP contribution in [0.5, 0.6) is 0 Å². The minimum absolute atomic E-state index is 0.211. The molecule has 146 valence electrons. The van der Waals surface area contributed by atoms with Crippen molar-refractivity contribution in [1.82, 2.24) is 15.0 Å². The van der Waals surface area contributed by atoms with E-state index in [4.69, 9.17) is 16.3 Å². The first-order valence-electron chi connectivity index (χ1n) is 9.12. The second-order valence-electron chi connectivity index (χ2n) is 7.26. The average molecular weight is 400 g/mol. The van der Waals surface area contributed by atoms with Gasteiger partial charge < -0.3 is 4.74 Å². The van der Waals surface area contributed by atoms with Crippen LogP contribution in [-0.4, -0.2) is 33.9 Å². The predicted molar refractivity (Wildman–Crippen MR) is 108 cm³/mol. The Kier molecular flexibility index (Phi) is 5.79. The molecule has 0 unspecified atom stereocenters. The van der Waals surface area contributed by atoms with Gasteiger partial charge in [0, 0.05) is 17.0 Å². The van der Waals surface area contributed by atoms with Crippen LogP contribution in [0.15, 0.2) is 36.4 Å². The number of rotatable bonds is 7. The van der Waals surface area contributed by atoms with Crippen molar-refractivity contribution in [1.29, 1.82) is 0 Å². The van der Waals surface area contributed by atoms with Crippen LogP contribution in [0.4, 0.5) is 0 Å². The molecule has 0 aliphatic carbocycles. The van der Waals surface area contributed by atoms with Crippen molar-refractivity contribution in [3.8, 4) is 5.69 Å². The molecule has 0 saturated carbocycles. The lowest BCUT2D eigenvalue weighted by molar-refractivity contribution is -0.154. The summed E-state index contributed by atoms with van der Waals surface area (Å²) in [4.78, 5) is 25.0. The van der Waals surface area contributed by atoms with Crippen molar-refractivity contribution in [3.05, 3.63) is 52.5 Å². The first kappa shape index (κ1) is 20.0. The van der Waals surface area contributed by atoms with E-state index in [0.717, 1.165) is 11.8 Å². The molecule has 1 heterocycles. The van der Waals surface area contributed by atoms with Crippen LogP contribution in [-0.2, 0) is 16.0 Å². The van der Waals surface area contributed by atoms with Crippen LogP contribution < -0.4 is 0 Å². The highest BCUT2D eigenvalue weighted by Crippen LogP contribution is 2.22. The van der Waals surface area contributed by atoms with Gasteiger partial charge in [0.2, 0.25) is 0 Å². The van der Waals surface area contributed by atoms with E-state index in [1.54, 1.807) is 24.3 Å². The number of aldehydes is 1. The van der Waals surface area contributed by atoms with Gasteiger partial charge in [-0.3, -0.25) is 9.59 Å². The molecular formula is C21H22ClN3O3. The Balaban J connectivity index is 1.82. The SMILES string of the molecule is CCC(C)(C)C(=O)OCCc1ccc(C=O)c(-n2nc3ccc(Cl)cc3n2)c1. The van der Waals surface area contributed by atoms with E-state index in [9.17, 15) is 9.59 Å². The molecule has 0 saturated heterocycles.